The summed E-state index contributed by atoms with van der Waals surface area (Å²) in [6, 6.07) is 16.2. The Morgan fingerprint density at radius 2 is 1.07 bits per heavy atom. The zero-order chi connectivity index (χ0) is 20.1. The maximum atomic E-state index is 6.02. The van der Waals surface area contributed by atoms with Crippen LogP contribution in [0.25, 0.3) is 0 Å². The topological polar surface area (TPSA) is 3.24 Å². The lowest BCUT2D eigenvalue weighted by molar-refractivity contribution is 0.117. The van der Waals surface area contributed by atoms with Crippen molar-refractivity contribution in [1.82, 2.24) is 4.90 Å². The fraction of sp³-hybridized carbons (Fsp3) is 0.455. The predicted molar refractivity (Wildman–Crippen MR) is 124 cm³/mol. The molecule has 0 aliphatic rings. The number of hydrogen-bond acceptors (Lipinski definition) is 3. The molecule has 148 valence electrons. The summed E-state index contributed by atoms with van der Waals surface area (Å²) in [6.07, 6.45) is 1.13. The second kappa shape index (κ2) is 9.93. The summed E-state index contributed by atoms with van der Waals surface area (Å²) < 4.78 is 0. The highest BCUT2D eigenvalue weighted by atomic mass is 35.5. The van der Waals surface area contributed by atoms with Crippen LogP contribution < -0.4 is 0 Å². The third kappa shape index (κ3) is 8.29. The van der Waals surface area contributed by atoms with Crippen LogP contribution in [0, 0.1) is 5.41 Å². The van der Waals surface area contributed by atoms with E-state index in [2.05, 4.69) is 63.8 Å². The Bertz CT molecular complexity index is 657. The van der Waals surface area contributed by atoms with Crippen LogP contribution in [0.4, 0.5) is 0 Å². The molecule has 0 aliphatic heterocycles. The first-order chi connectivity index (χ1) is 12.5. The average molecular weight is 443 g/mol. The van der Waals surface area contributed by atoms with E-state index in [4.69, 9.17) is 23.2 Å². The maximum absolute atomic E-state index is 6.02. The van der Waals surface area contributed by atoms with Gasteiger partial charge in [0.05, 0.1) is 11.8 Å². The van der Waals surface area contributed by atoms with Crippen molar-refractivity contribution in [1.29, 1.82) is 0 Å². The lowest BCUT2D eigenvalue weighted by Gasteiger charge is -2.42. The molecular weight excluding hydrogens is 413 g/mol. The molecule has 27 heavy (non-hydrogen) atoms. The van der Waals surface area contributed by atoms with Gasteiger partial charge in [-0.15, -0.1) is 23.5 Å². The van der Waals surface area contributed by atoms with Crippen LogP contribution in [0.5, 0.6) is 0 Å². The highest BCUT2D eigenvalue weighted by Crippen LogP contribution is 2.35. The Morgan fingerprint density at radius 3 is 1.41 bits per heavy atom. The van der Waals surface area contributed by atoms with Gasteiger partial charge in [0.25, 0.3) is 0 Å². The summed E-state index contributed by atoms with van der Waals surface area (Å²) in [6.45, 7) is 11.6. The number of nitrogens with zero attached hydrogens (tertiary/aromatic N) is 1. The average Bonchev–Trinajstić information content (AvgIpc) is 2.55. The fourth-order valence-corrected chi connectivity index (χ4v) is 5.68. The van der Waals surface area contributed by atoms with Gasteiger partial charge in [0, 0.05) is 25.4 Å². The van der Waals surface area contributed by atoms with Gasteiger partial charge >= 0.3 is 0 Å². The SMILES string of the molecule is CC(C)(C)CC(C)(C)N(CSc1ccc(Cl)cc1)CSc1ccc(Cl)cc1. The Kier molecular flexibility index (Phi) is 8.45. The number of halogens is 2. The van der Waals surface area contributed by atoms with E-state index in [1.54, 1.807) is 0 Å². The lowest BCUT2D eigenvalue weighted by Crippen LogP contribution is -2.45. The van der Waals surface area contributed by atoms with Crippen LogP contribution >= 0.6 is 46.7 Å². The van der Waals surface area contributed by atoms with E-state index in [1.807, 2.05) is 47.8 Å². The van der Waals surface area contributed by atoms with E-state index in [1.165, 1.54) is 9.79 Å². The third-order valence-electron chi connectivity index (χ3n) is 4.22. The van der Waals surface area contributed by atoms with E-state index in [9.17, 15) is 0 Å². The number of benzene rings is 2. The Labute approximate surface area is 183 Å². The van der Waals surface area contributed by atoms with Crippen LogP contribution in [0.1, 0.15) is 41.0 Å². The molecule has 2 rings (SSSR count). The van der Waals surface area contributed by atoms with Crippen molar-refractivity contribution in [3.63, 3.8) is 0 Å². The van der Waals surface area contributed by atoms with Gasteiger partial charge < -0.3 is 0 Å². The minimum Gasteiger partial charge on any atom is -0.279 e. The van der Waals surface area contributed by atoms with E-state index in [0.717, 1.165) is 28.2 Å². The van der Waals surface area contributed by atoms with Crippen molar-refractivity contribution in [2.45, 2.75) is 56.4 Å². The molecule has 0 saturated heterocycles. The van der Waals surface area contributed by atoms with E-state index in [0.29, 0.717) is 0 Å². The van der Waals surface area contributed by atoms with Crippen molar-refractivity contribution in [2.75, 3.05) is 11.8 Å². The van der Waals surface area contributed by atoms with E-state index >= 15 is 0 Å². The molecule has 0 heterocycles. The van der Waals surface area contributed by atoms with Gasteiger partial charge in [0.15, 0.2) is 0 Å². The van der Waals surface area contributed by atoms with Gasteiger partial charge in [0.2, 0.25) is 0 Å². The van der Waals surface area contributed by atoms with Gasteiger partial charge in [-0.1, -0.05) is 44.0 Å². The molecule has 2 aromatic carbocycles. The van der Waals surface area contributed by atoms with Crippen molar-refractivity contribution in [3.8, 4) is 0 Å². The first-order valence-corrected chi connectivity index (χ1v) is 11.8. The van der Waals surface area contributed by atoms with Gasteiger partial charge in [-0.05, 0) is 74.2 Å². The highest BCUT2D eigenvalue weighted by Gasteiger charge is 2.31. The second-order valence-electron chi connectivity index (χ2n) is 8.54. The van der Waals surface area contributed by atoms with Crippen molar-refractivity contribution < 1.29 is 0 Å². The summed E-state index contributed by atoms with van der Waals surface area (Å²) in [5.74, 6) is 1.87. The monoisotopic (exact) mass is 441 g/mol. The van der Waals surface area contributed by atoms with Crippen LogP contribution in [0.3, 0.4) is 0 Å². The predicted octanol–water partition coefficient (Wildman–Crippen LogP) is 8.31. The quantitative estimate of drug-likeness (QED) is 0.299. The molecule has 0 atom stereocenters. The zero-order valence-corrected chi connectivity index (χ0v) is 19.9. The summed E-state index contributed by atoms with van der Waals surface area (Å²) >= 11 is 15.8. The molecule has 0 bridgehead atoms. The van der Waals surface area contributed by atoms with Crippen LogP contribution in [0.2, 0.25) is 10.0 Å². The van der Waals surface area contributed by atoms with Gasteiger partial charge in [-0.2, -0.15) is 0 Å². The molecule has 0 fully saturated rings. The molecule has 0 amide bonds. The zero-order valence-electron chi connectivity index (χ0n) is 16.8. The molecule has 0 spiro atoms. The molecule has 0 N–H and O–H groups in total. The van der Waals surface area contributed by atoms with Gasteiger partial charge in [-0.3, -0.25) is 4.90 Å². The lowest BCUT2D eigenvalue weighted by atomic mass is 9.81. The molecule has 0 aliphatic carbocycles. The third-order valence-corrected chi connectivity index (χ3v) is 6.82. The molecule has 0 radical (unpaired) electrons. The molecular formula is C22H29Cl2NS2. The van der Waals surface area contributed by atoms with E-state index < -0.39 is 0 Å². The Balaban J connectivity index is 2.08. The minimum atomic E-state index is 0.0943. The fourth-order valence-electron chi connectivity index (χ4n) is 3.16. The summed E-state index contributed by atoms with van der Waals surface area (Å²) in [7, 11) is 0. The number of thioether (sulfide) groups is 2. The van der Waals surface area contributed by atoms with Crippen molar-refractivity contribution in [2.24, 2.45) is 5.41 Å². The molecule has 2 aromatic rings. The normalized spacial score (nSPS) is 12.6. The molecule has 0 unspecified atom stereocenters. The summed E-state index contributed by atoms with van der Waals surface area (Å²) in [5.41, 5.74) is 0.370. The molecule has 5 heteroatoms. The number of hydrogen-bond donors (Lipinski definition) is 0. The van der Waals surface area contributed by atoms with Crippen LogP contribution in [-0.2, 0) is 0 Å². The Morgan fingerprint density at radius 1 is 0.704 bits per heavy atom. The van der Waals surface area contributed by atoms with Crippen LogP contribution in [-0.4, -0.2) is 22.2 Å². The molecule has 0 aromatic heterocycles. The molecule has 0 saturated carbocycles. The van der Waals surface area contributed by atoms with Gasteiger partial charge in [-0.25, -0.2) is 0 Å². The smallest absolute Gasteiger partial charge is 0.0505 e. The first kappa shape index (κ1) is 23.0. The maximum Gasteiger partial charge on any atom is 0.0505 e. The minimum absolute atomic E-state index is 0.0943. The number of rotatable bonds is 8. The second-order valence-corrected chi connectivity index (χ2v) is 11.5. The Hall–Kier alpha value is -0.320. The van der Waals surface area contributed by atoms with Crippen LogP contribution in [0.15, 0.2) is 58.3 Å². The summed E-state index contributed by atoms with van der Waals surface area (Å²) in [4.78, 5) is 5.05. The first-order valence-electron chi connectivity index (χ1n) is 9.07. The molecule has 1 nitrogen and oxygen atoms in total. The highest BCUT2D eigenvalue weighted by molar-refractivity contribution is 8.00. The largest absolute Gasteiger partial charge is 0.279 e. The standard InChI is InChI=1S/C22H29Cl2NS2/c1-21(2,3)14-22(4,5)25(15-26-19-10-6-17(23)7-11-19)16-27-20-12-8-18(24)9-13-20/h6-13H,14-16H2,1-5H3. The van der Waals surface area contributed by atoms with Crippen molar-refractivity contribution >= 4 is 46.7 Å². The van der Waals surface area contributed by atoms with Crippen molar-refractivity contribution in [3.05, 3.63) is 58.6 Å². The van der Waals surface area contributed by atoms with Gasteiger partial charge in [0.1, 0.15) is 0 Å². The summed E-state index contributed by atoms with van der Waals surface area (Å²) in [5, 5.41) is 1.56. The van der Waals surface area contributed by atoms with E-state index in [-0.39, 0.29) is 11.0 Å².